The third-order valence-corrected chi connectivity index (χ3v) is 2.62. The quantitative estimate of drug-likeness (QED) is 0.270. The van der Waals surface area contributed by atoms with Gasteiger partial charge in [0.15, 0.2) is 0 Å². The van der Waals surface area contributed by atoms with E-state index >= 15 is 0 Å². The normalized spacial score (nSPS) is 10.4. The molecule has 19 heavy (non-hydrogen) atoms. The zero-order valence-corrected chi connectivity index (χ0v) is 11.5. The molecule has 2 amide bonds. The van der Waals surface area contributed by atoms with Gasteiger partial charge in [-0.25, -0.2) is 11.3 Å². The molecule has 8 heteroatoms. The first-order valence-corrected chi connectivity index (χ1v) is 6.12. The lowest BCUT2D eigenvalue weighted by Gasteiger charge is -2.01. The van der Waals surface area contributed by atoms with Gasteiger partial charge in [-0.15, -0.1) is 0 Å². The Balaban J connectivity index is 2.47. The molecular formula is C11H13BrN4O3. The number of halogens is 1. The van der Waals surface area contributed by atoms with E-state index in [1.54, 1.807) is 12.1 Å². The van der Waals surface area contributed by atoms with Crippen LogP contribution in [0.3, 0.4) is 0 Å². The number of hydrogen-bond acceptors (Lipinski definition) is 5. The van der Waals surface area contributed by atoms with Crippen LogP contribution in [0.25, 0.3) is 0 Å². The zero-order chi connectivity index (χ0) is 14.3. The third kappa shape index (κ3) is 5.49. The van der Waals surface area contributed by atoms with Gasteiger partial charge in [-0.05, 0) is 18.2 Å². The Morgan fingerprint density at radius 3 is 2.74 bits per heavy atom. The zero-order valence-electron chi connectivity index (χ0n) is 9.89. The highest BCUT2D eigenvalue weighted by Crippen LogP contribution is 2.19. The van der Waals surface area contributed by atoms with Gasteiger partial charge >= 0.3 is 0 Å². The molecule has 0 unspecified atom stereocenters. The van der Waals surface area contributed by atoms with Crippen LogP contribution >= 0.6 is 15.9 Å². The first kappa shape index (κ1) is 15.1. The summed E-state index contributed by atoms with van der Waals surface area (Å²) < 4.78 is 0.776. The Labute approximate surface area is 118 Å². The summed E-state index contributed by atoms with van der Waals surface area (Å²) in [6.45, 7) is 0. The number of carbonyl (C=O) groups is 2. The highest BCUT2D eigenvalue weighted by Gasteiger charge is 2.04. The molecule has 1 aromatic rings. The van der Waals surface area contributed by atoms with Gasteiger partial charge in [0.25, 0.3) is 0 Å². The van der Waals surface area contributed by atoms with Crippen molar-refractivity contribution in [2.75, 3.05) is 0 Å². The number of carbonyl (C=O) groups excluding carboxylic acids is 2. The van der Waals surface area contributed by atoms with Crippen LogP contribution in [0.2, 0.25) is 0 Å². The molecule has 0 bridgehead atoms. The average molecular weight is 329 g/mol. The van der Waals surface area contributed by atoms with Crippen LogP contribution in [0.5, 0.6) is 5.75 Å². The summed E-state index contributed by atoms with van der Waals surface area (Å²) in [6.07, 6.45) is 1.27. The maximum Gasteiger partial charge on any atom is 0.240 e. The molecule has 0 aromatic heterocycles. The molecule has 0 radical (unpaired) electrons. The lowest BCUT2D eigenvalue weighted by molar-refractivity contribution is -0.126. The lowest BCUT2D eigenvalue weighted by atomic mass is 10.2. The van der Waals surface area contributed by atoms with Gasteiger partial charge in [-0.3, -0.25) is 15.0 Å². The van der Waals surface area contributed by atoms with Crippen LogP contribution < -0.4 is 16.7 Å². The molecule has 0 heterocycles. The average Bonchev–Trinajstić information content (AvgIpc) is 2.40. The standard InChI is InChI=1S/C11H13BrN4O3/c12-8-1-2-9(17)7(5-8)6-14-16-11(19)4-3-10(18)15-13/h1-2,5-6,17H,3-4,13H2,(H,15,18)(H,16,19)/b14-6-. The smallest absolute Gasteiger partial charge is 0.240 e. The van der Waals surface area contributed by atoms with Gasteiger partial charge in [0.05, 0.1) is 6.21 Å². The van der Waals surface area contributed by atoms with Crippen LogP contribution in [-0.2, 0) is 9.59 Å². The van der Waals surface area contributed by atoms with Gasteiger partial charge in [0, 0.05) is 22.9 Å². The number of rotatable bonds is 5. The maximum atomic E-state index is 11.3. The first-order chi connectivity index (χ1) is 9.02. The molecule has 0 aliphatic carbocycles. The molecule has 0 atom stereocenters. The number of nitrogens with one attached hydrogen (secondary N) is 2. The lowest BCUT2D eigenvalue weighted by Crippen LogP contribution is -2.31. The molecule has 0 saturated heterocycles. The number of nitrogens with zero attached hydrogens (tertiary/aromatic N) is 1. The summed E-state index contributed by atoms with van der Waals surface area (Å²) in [5, 5.41) is 13.2. The van der Waals surface area contributed by atoms with Crippen LogP contribution in [0.4, 0.5) is 0 Å². The second-order valence-corrected chi connectivity index (χ2v) is 4.48. The third-order valence-electron chi connectivity index (χ3n) is 2.12. The number of benzene rings is 1. The fourth-order valence-corrected chi connectivity index (χ4v) is 1.54. The summed E-state index contributed by atoms with van der Waals surface area (Å²) in [5.41, 5.74) is 4.61. The van der Waals surface area contributed by atoms with Crippen molar-refractivity contribution in [3.63, 3.8) is 0 Å². The van der Waals surface area contributed by atoms with Crippen molar-refractivity contribution in [2.24, 2.45) is 10.9 Å². The SMILES string of the molecule is NNC(=O)CCC(=O)N/N=C\c1cc(Br)ccc1O. The minimum atomic E-state index is -0.427. The van der Waals surface area contributed by atoms with E-state index in [2.05, 4.69) is 26.5 Å². The molecule has 0 fully saturated rings. The van der Waals surface area contributed by atoms with Gasteiger partial charge < -0.3 is 5.11 Å². The molecule has 0 aliphatic heterocycles. The second-order valence-electron chi connectivity index (χ2n) is 3.56. The molecule has 5 N–H and O–H groups in total. The fraction of sp³-hybridized carbons (Fsp3) is 0.182. The van der Waals surface area contributed by atoms with E-state index in [1.165, 1.54) is 12.3 Å². The number of amides is 2. The maximum absolute atomic E-state index is 11.3. The van der Waals surface area contributed by atoms with Gasteiger partial charge in [-0.2, -0.15) is 5.10 Å². The summed E-state index contributed by atoms with van der Waals surface area (Å²) in [7, 11) is 0. The summed E-state index contributed by atoms with van der Waals surface area (Å²) in [5.74, 6) is 4.07. The van der Waals surface area contributed by atoms with Crippen molar-refractivity contribution in [3.8, 4) is 5.75 Å². The predicted molar refractivity (Wildman–Crippen MR) is 73.1 cm³/mol. The predicted octanol–water partition coefficient (Wildman–Crippen LogP) is 0.375. The van der Waals surface area contributed by atoms with E-state index < -0.39 is 11.8 Å². The van der Waals surface area contributed by atoms with Crippen molar-refractivity contribution in [1.29, 1.82) is 0 Å². The number of hydrazine groups is 1. The van der Waals surface area contributed by atoms with Crippen LogP contribution in [-0.4, -0.2) is 23.1 Å². The van der Waals surface area contributed by atoms with Crippen LogP contribution in [0.1, 0.15) is 18.4 Å². The Morgan fingerprint density at radius 2 is 2.05 bits per heavy atom. The Morgan fingerprint density at radius 1 is 1.37 bits per heavy atom. The Bertz CT molecular complexity index is 505. The molecule has 0 spiro atoms. The number of nitrogens with two attached hydrogens (primary N) is 1. The Kier molecular flexibility index (Phi) is 5.97. The highest BCUT2D eigenvalue weighted by atomic mass is 79.9. The van der Waals surface area contributed by atoms with E-state index in [-0.39, 0.29) is 18.6 Å². The summed E-state index contributed by atoms with van der Waals surface area (Å²) in [6, 6.07) is 4.82. The van der Waals surface area contributed by atoms with Crippen molar-refractivity contribution in [1.82, 2.24) is 10.9 Å². The van der Waals surface area contributed by atoms with E-state index in [0.29, 0.717) is 5.56 Å². The molecule has 1 rings (SSSR count). The van der Waals surface area contributed by atoms with Crippen molar-refractivity contribution < 1.29 is 14.7 Å². The van der Waals surface area contributed by atoms with E-state index in [4.69, 9.17) is 5.84 Å². The molecule has 1 aromatic carbocycles. The summed E-state index contributed by atoms with van der Waals surface area (Å²) in [4.78, 5) is 22.1. The van der Waals surface area contributed by atoms with Crippen molar-refractivity contribution in [3.05, 3.63) is 28.2 Å². The Hall–Kier alpha value is -1.93. The van der Waals surface area contributed by atoms with Gasteiger partial charge in [0.1, 0.15) is 5.75 Å². The number of hydrazone groups is 1. The molecule has 7 nitrogen and oxygen atoms in total. The molecular weight excluding hydrogens is 316 g/mol. The first-order valence-electron chi connectivity index (χ1n) is 5.33. The van der Waals surface area contributed by atoms with E-state index in [0.717, 1.165) is 4.47 Å². The molecule has 0 aliphatic rings. The van der Waals surface area contributed by atoms with Crippen LogP contribution in [0.15, 0.2) is 27.8 Å². The van der Waals surface area contributed by atoms with Crippen molar-refractivity contribution >= 4 is 34.0 Å². The number of phenols is 1. The molecule has 0 saturated carbocycles. The minimum absolute atomic E-state index is 0.0139. The monoisotopic (exact) mass is 328 g/mol. The summed E-state index contributed by atoms with van der Waals surface area (Å²) >= 11 is 3.25. The molecule has 102 valence electrons. The minimum Gasteiger partial charge on any atom is -0.507 e. The number of phenolic OH excluding ortho intramolecular Hbond substituents is 1. The van der Waals surface area contributed by atoms with Gasteiger partial charge in [0.2, 0.25) is 11.8 Å². The van der Waals surface area contributed by atoms with Crippen molar-refractivity contribution in [2.45, 2.75) is 12.8 Å². The van der Waals surface area contributed by atoms with Gasteiger partial charge in [-0.1, -0.05) is 15.9 Å². The topological polar surface area (TPSA) is 117 Å². The van der Waals surface area contributed by atoms with E-state index in [9.17, 15) is 14.7 Å². The fourth-order valence-electron chi connectivity index (χ4n) is 1.16. The number of aromatic hydroxyl groups is 1. The van der Waals surface area contributed by atoms with Crippen LogP contribution in [0, 0.1) is 0 Å². The highest BCUT2D eigenvalue weighted by molar-refractivity contribution is 9.10. The second kappa shape index (κ2) is 7.49. The largest absolute Gasteiger partial charge is 0.507 e. The number of hydrogen-bond donors (Lipinski definition) is 4. The van der Waals surface area contributed by atoms with E-state index in [1.807, 2.05) is 5.43 Å².